The van der Waals surface area contributed by atoms with Crippen molar-refractivity contribution >= 4 is 23.2 Å². The molecule has 0 aliphatic carbocycles. The number of hydrogen-bond acceptors (Lipinski definition) is 7. The number of carbonyl (C=O) groups excluding carboxylic acids is 2. The van der Waals surface area contributed by atoms with Crippen LogP contribution in [0.15, 0.2) is 46.7 Å². The average Bonchev–Trinajstić information content (AvgIpc) is 3.24. The second-order valence-electron chi connectivity index (χ2n) is 6.46. The molecule has 0 radical (unpaired) electrons. The van der Waals surface area contributed by atoms with E-state index in [4.69, 9.17) is 9.47 Å². The van der Waals surface area contributed by atoms with Gasteiger partial charge in [0.25, 0.3) is 11.8 Å². The molecule has 2 aromatic rings. The summed E-state index contributed by atoms with van der Waals surface area (Å²) < 4.78 is 24.4. The summed E-state index contributed by atoms with van der Waals surface area (Å²) in [4.78, 5) is 27.0. The SMILES string of the molecule is COc1cc(OC)cc(N2C(=O)[C@@H]3N=NN(c4ccc(C)c(F)c4)[C@H]3C2=O)c1. The molecule has 0 saturated carbocycles. The van der Waals surface area contributed by atoms with Crippen molar-refractivity contribution < 1.29 is 23.5 Å². The molecule has 1 fully saturated rings. The molecule has 2 heterocycles. The number of halogens is 1. The van der Waals surface area contributed by atoms with Crippen LogP contribution in [0.1, 0.15) is 5.56 Å². The molecule has 28 heavy (non-hydrogen) atoms. The van der Waals surface area contributed by atoms with Crippen LogP contribution in [0, 0.1) is 12.7 Å². The number of ether oxygens (including phenoxy) is 2. The zero-order chi connectivity index (χ0) is 20.0. The number of nitrogens with zero attached hydrogens (tertiary/aromatic N) is 4. The highest BCUT2D eigenvalue weighted by atomic mass is 19.1. The third-order valence-electron chi connectivity index (χ3n) is 4.80. The van der Waals surface area contributed by atoms with E-state index >= 15 is 0 Å². The quantitative estimate of drug-likeness (QED) is 0.757. The zero-order valence-corrected chi connectivity index (χ0v) is 15.4. The molecular formula is C19H17FN4O4. The van der Waals surface area contributed by atoms with Crippen LogP contribution in [0.25, 0.3) is 0 Å². The summed E-state index contributed by atoms with van der Waals surface area (Å²) in [5.41, 5.74) is 1.13. The molecule has 0 bridgehead atoms. The monoisotopic (exact) mass is 384 g/mol. The van der Waals surface area contributed by atoms with Crippen LogP contribution >= 0.6 is 0 Å². The Morgan fingerprint density at radius 1 is 0.964 bits per heavy atom. The lowest BCUT2D eigenvalue weighted by Gasteiger charge is -2.21. The number of methoxy groups -OCH3 is 2. The summed E-state index contributed by atoms with van der Waals surface area (Å²) in [7, 11) is 2.95. The molecule has 2 amide bonds. The van der Waals surface area contributed by atoms with Gasteiger partial charge in [0.15, 0.2) is 12.1 Å². The molecule has 1 saturated heterocycles. The number of amides is 2. The molecular weight excluding hydrogens is 367 g/mol. The fourth-order valence-corrected chi connectivity index (χ4v) is 3.27. The van der Waals surface area contributed by atoms with Crippen LogP contribution in [0.4, 0.5) is 15.8 Å². The van der Waals surface area contributed by atoms with Gasteiger partial charge in [-0.1, -0.05) is 11.3 Å². The summed E-state index contributed by atoms with van der Waals surface area (Å²) >= 11 is 0. The van der Waals surface area contributed by atoms with E-state index in [1.165, 1.54) is 25.3 Å². The van der Waals surface area contributed by atoms with Crippen molar-refractivity contribution in [2.45, 2.75) is 19.0 Å². The number of anilines is 2. The Hall–Kier alpha value is -3.49. The summed E-state index contributed by atoms with van der Waals surface area (Å²) in [5, 5.41) is 9.17. The molecule has 2 aromatic carbocycles. The van der Waals surface area contributed by atoms with Gasteiger partial charge in [-0.2, -0.15) is 5.11 Å². The second-order valence-corrected chi connectivity index (χ2v) is 6.46. The fourth-order valence-electron chi connectivity index (χ4n) is 3.27. The first-order chi connectivity index (χ1) is 13.4. The normalized spacial score (nSPS) is 20.7. The standard InChI is InChI=1S/C19H17FN4O4/c1-10-4-5-11(8-15(10)20)24-17-16(21-22-24)18(25)23(19(17)26)12-6-13(27-2)9-14(7-12)28-3/h4-9,16-17H,1-3H3/t16-,17-/m1/s1. The Morgan fingerprint density at radius 3 is 2.25 bits per heavy atom. The Balaban J connectivity index is 1.71. The lowest BCUT2D eigenvalue weighted by atomic mass is 10.1. The summed E-state index contributed by atoms with van der Waals surface area (Å²) in [6, 6.07) is 7.29. The smallest absolute Gasteiger partial charge is 0.263 e. The minimum absolute atomic E-state index is 0.311. The molecule has 0 N–H and O–H groups in total. The van der Waals surface area contributed by atoms with Crippen LogP contribution < -0.4 is 19.4 Å². The van der Waals surface area contributed by atoms with Crippen LogP contribution in [-0.2, 0) is 9.59 Å². The van der Waals surface area contributed by atoms with Crippen molar-refractivity contribution in [3.8, 4) is 11.5 Å². The molecule has 8 nitrogen and oxygen atoms in total. The van der Waals surface area contributed by atoms with E-state index in [2.05, 4.69) is 10.3 Å². The largest absolute Gasteiger partial charge is 0.497 e. The molecule has 2 aliphatic rings. The maximum Gasteiger partial charge on any atom is 0.263 e. The first-order valence-electron chi connectivity index (χ1n) is 8.51. The van der Waals surface area contributed by atoms with Crippen LogP contribution in [0.3, 0.4) is 0 Å². The number of benzene rings is 2. The maximum atomic E-state index is 14.0. The number of carbonyl (C=O) groups is 2. The Morgan fingerprint density at radius 2 is 1.64 bits per heavy atom. The van der Waals surface area contributed by atoms with Crippen molar-refractivity contribution in [1.82, 2.24) is 0 Å². The van der Waals surface area contributed by atoms with E-state index in [1.807, 2.05) is 0 Å². The van der Waals surface area contributed by atoms with Crippen molar-refractivity contribution in [3.05, 3.63) is 47.8 Å². The van der Waals surface area contributed by atoms with E-state index in [0.29, 0.717) is 28.4 Å². The van der Waals surface area contributed by atoms with Gasteiger partial charge in [-0.3, -0.25) is 9.59 Å². The summed E-state index contributed by atoms with van der Waals surface area (Å²) in [5.74, 6) is -0.570. The van der Waals surface area contributed by atoms with Crippen molar-refractivity contribution in [2.75, 3.05) is 24.1 Å². The van der Waals surface area contributed by atoms with E-state index in [9.17, 15) is 14.0 Å². The number of imide groups is 1. The molecule has 144 valence electrons. The predicted molar refractivity (Wildman–Crippen MR) is 98.1 cm³/mol. The fraction of sp³-hybridized carbons (Fsp3) is 0.263. The highest BCUT2D eigenvalue weighted by Crippen LogP contribution is 2.37. The average molecular weight is 384 g/mol. The number of rotatable bonds is 4. The van der Waals surface area contributed by atoms with Crippen molar-refractivity contribution in [3.63, 3.8) is 0 Å². The highest BCUT2D eigenvalue weighted by molar-refractivity contribution is 6.26. The highest BCUT2D eigenvalue weighted by Gasteiger charge is 2.55. The lowest BCUT2D eigenvalue weighted by Crippen LogP contribution is -2.40. The van der Waals surface area contributed by atoms with E-state index in [1.54, 1.807) is 37.3 Å². The van der Waals surface area contributed by atoms with Gasteiger partial charge in [-0.15, -0.1) is 0 Å². The minimum atomic E-state index is -0.992. The van der Waals surface area contributed by atoms with Gasteiger partial charge in [0.05, 0.1) is 25.6 Å². The maximum absolute atomic E-state index is 14.0. The first kappa shape index (κ1) is 17.9. The second kappa shape index (κ2) is 6.59. The topological polar surface area (TPSA) is 83.8 Å². The molecule has 0 aromatic heterocycles. The van der Waals surface area contributed by atoms with Crippen molar-refractivity contribution in [1.29, 1.82) is 0 Å². The van der Waals surface area contributed by atoms with Crippen molar-refractivity contribution in [2.24, 2.45) is 10.3 Å². The van der Waals surface area contributed by atoms with Gasteiger partial charge in [-0.05, 0) is 24.6 Å². The van der Waals surface area contributed by atoms with E-state index in [0.717, 1.165) is 4.90 Å². The molecule has 4 rings (SSSR count). The van der Waals surface area contributed by atoms with Crippen LogP contribution in [-0.4, -0.2) is 38.1 Å². The number of aryl methyl sites for hydroxylation is 1. The molecule has 2 atom stereocenters. The van der Waals surface area contributed by atoms with Gasteiger partial charge in [0.1, 0.15) is 17.3 Å². The minimum Gasteiger partial charge on any atom is -0.497 e. The van der Waals surface area contributed by atoms with E-state index < -0.39 is 29.7 Å². The Bertz CT molecular complexity index is 987. The summed E-state index contributed by atoms with van der Waals surface area (Å²) in [6.45, 7) is 1.63. The lowest BCUT2D eigenvalue weighted by molar-refractivity contribution is -0.121. The van der Waals surface area contributed by atoms with Gasteiger partial charge in [0.2, 0.25) is 0 Å². The van der Waals surface area contributed by atoms with E-state index in [-0.39, 0.29) is 0 Å². The van der Waals surface area contributed by atoms with Gasteiger partial charge >= 0.3 is 0 Å². The van der Waals surface area contributed by atoms with Crippen LogP contribution in [0.2, 0.25) is 0 Å². The predicted octanol–water partition coefficient (Wildman–Crippen LogP) is 2.65. The van der Waals surface area contributed by atoms with Gasteiger partial charge in [0, 0.05) is 18.2 Å². The Kier molecular flexibility index (Phi) is 4.21. The Labute approximate surface area is 160 Å². The molecule has 2 aliphatic heterocycles. The third kappa shape index (κ3) is 2.67. The van der Waals surface area contributed by atoms with Gasteiger partial charge in [-0.25, -0.2) is 14.3 Å². The van der Waals surface area contributed by atoms with Crippen LogP contribution in [0.5, 0.6) is 11.5 Å². The summed E-state index contributed by atoms with van der Waals surface area (Å²) in [6.07, 6.45) is 0. The number of hydrogen-bond donors (Lipinski definition) is 0. The molecule has 9 heteroatoms. The zero-order valence-electron chi connectivity index (χ0n) is 15.4. The third-order valence-corrected chi connectivity index (χ3v) is 4.80. The number of fused-ring (bicyclic) bond motifs is 1. The molecule has 0 unspecified atom stereocenters. The van der Waals surface area contributed by atoms with Gasteiger partial charge < -0.3 is 9.47 Å². The molecule has 0 spiro atoms. The first-order valence-corrected chi connectivity index (χ1v) is 8.51.